The SMILES string of the molecule is CCN(CC)C(=O)c1cccc(NC(=O)CNc2cc(C)ccc2C)c1. The summed E-state index contributed by atoms with van der Waals surface area (Å²) in [5.41, 5.74) is 4.38. The summed E-state index contributed by atoms with van der Waals surface area (Å²) in [5, 5.41) is 6.00. The number of amides is 2. The highest BCUT2D eigenvalue weighted by Crippen LogP contribution is 2.16. The van der Waals surface area contributed by atoms with Crippen LogP contribution in [-0.2, 0) is 4.79 Å². The molecular weight excluding hydrogens is 326 g/mol. The first-order valence-corrected chi connectivity index (χ1v) is 8.95. The fourth-order valence-corrected chi connectivity index (χ4v) is 2.73. The summed E-state index contributed by atoms with van der Waals surface area (Å²) in [6, 6.07) is 13.1. The van der Waals surface area contributed by atoms with Crippen LogP contribution in [0.4, 0.5) is 11.4 Å². The fraction of sp³-hybridized carbons (Fsp3) is 0.333. The maximum absolute atomic E-state index is 12.4. The molecule has 0 spiro atoms. The zero-order valence-electron chi connectivity index (χ0n) is 15.9. The maximum atomic E-state index is 12.4. The highest BCUT2D eigenvalue weighted by atomic mass is 16.2. The topological polar surface area (TPSA) is 61.4 Å². The van der Waals surface area contributed by atoms with Gasteiger partial charge in [0.05, 0.1) is 6.54 Å². The van der Waals surface area contributed by atoms with Gasteiger partial charge in [0.2, 0.25) is 5.91 Å². The highest BCUT2D eigenvalue weighted by molar-refractivity contribution is 5.98. The lowest BCUT2D eigenvalue weighted by atomic mass is 10.1. The van der Waals surface area contributed by atoms with Crippen molar-refractivity contribution in [1.29, 1.82) is 0 Å². The van der Waals surface area contributed by atoms with Crippen LogP contribution in [0.3, 0.4) is 0 Å². The van der Waals surface area contributed by atoms with Crippen LogP contribution in [0, 0.1) is 13.8 Å². The van der Waals surface area contributed by atoms with Crippen LogP contribution in [0.5, 0.6) is 0 Å². The van der Waals surface area contributed by atoms with Crippen molar-refractivity contribution in [1.82, 2.24) is 4.90 Å². The Balaban J connectivity index is 2.00. The number of anilines is 2. The molecule has 0 aliphatic heterocycles. The molecule has 0 atom stereocenters. The number of rotatable bonds is 7. The van der Waals surface area contributed by atoms with Gasteiger partial charge in [0.15, 0.2) is 0 Å². The summed E-state index contributed by atoms with van der Waals surface area (Å²) in [6.07, 6.45) is 0. The minimum Gasteiger partial charge on any atom is -0.376 e. The number of hydrogen-bond donors (Lipinski definition) is 2. The molecule has 26 heavy (non-hydrogen) atoms. The van der Waals surface area contributed by atoms with Crippen molar-refractivity contribution in [3.63, 3.8) is 0 Å². The lowest BCUT2D eigenvalue weighted by molar-refractivity contribution is -0.114. The third-order valence-corrected chi connectivity index (χ3v) is 4.28. The van der Waals surface area contributed by atoms with Crippen molar-refractivity contribution in [2.45, 2.75) is 27.7 Å². The van der Waals surface area contributed by atoms with E-state index in [9.17, 15) is 9.59 Å². The summed E-state index contributed by atoms with van der Waals surface area (Å²) >= 11 is 0. The van der Waals surface area contributed by atoms with E-state index in [-0.39, 0.29) is 18.4 Å². The monoisotopic (exact) mass is 353 g/mol. The fourth-order valence-electron chi connectivity index (χ4n) is 2.73. The van der Waals surface area contributed by atoms with Gasteiger partial charge in [-0.1, -0.05) is 18.2 Å². The third kappa shape index (κ3) is 5.09. The highest BCUT2D eigenvalue weighted by Gasteiger charge is 2.13. The Kier molecular flexibility index (Phi) is 6.78. The standard InChI is InChI=1S/C21H27N3O2/c1-5-24(6-2)21(26)17-8-7-9-18(13-17)23-20(25)14-22-19-12-15(3)10-11-16(19)4/h7-13,22H,5-6,14H2,1-4H3,(H,23,25). The number of carbonyl (C=O) groups excluding carboxylic acids is 2. The second kappa shape index (κ2) is 9.04. The van der Waals surface area contributed by atoms with E-state index in [2.05, 4.69) is 10.6 Å². The smallest absolute Gasteiger partial charge is 0.253 e. The predicted octanol–water partition coefficient (Wildman–Crippen LogP) is 3.84. The summed E-state index contributed by atoms with van der Waals surface area (Å²) in [6.45, 7) is 9.40. The van der Waals surface area contributed by atoms with E-state index >= 15 is 0 Å². The first kappa shape index (κ1) is 19.5. The molecule has 0 aromatic heterocycles. The Morgan fingerprint density at radius 3 is 2.42 bits per heavy atom. The van der Waals surface area contributed by atoms with Crippen molar-refractivity contribution in [3.8, 4) is 0 Å². The van der Waals surface area contributed by atoms with Gasteiger partial charge in [-0.05, 0) is 63.1 Å². The molecule has 0 aliphatic rings. The van der Waals surface area contributed by atoms with E-state index in [0.717, 1.165) is 16.8 Å². The summed E-state index contributed by atoms with van der Waals surface area (Å²) < 4.78 is 0. The quantitative estimate of drug-likeness (QED) is 0.795. The second-order valence-corrected chi connectivity index (χ2v) is 6.28. The van der Waals surface area contributed by atoms with Crippen LogP contribution in [0.1, 0.15) is 35.3 Å². The molecule has 5 heteroatoms. The largest absolute Gasteiger partial charge is 0.376 e. The predicted molar refractivity (Wildman–Crippen MR) is 107 cm³/mol. The van der Waals surface area contributed by atoms with Crippen molar-refractivity contribution < 1.29 is 9.59 Å². The number of nitrogens with one attached hydrogen (secondary N) is 2. The molecule has 0 fully saturated rings. The molecule has 0 saturated carbocycles. The Morgan fingerprint density at radius 1 is 1.00 bits per heavy atom. The van der Waals surface area contributed by atoms with Gasteiger partial charge in [0, 0.05) is 30.0 Å². The third-order valence-electron chi connectivity index (χ3n) is 4.28. The van der Waals surface area contributed by atoms with Crippen LogP contribution in [0.2, 0.25) is 0 Å². The molecule has 2 rings (SSSR count). The van der Waals surface area contributed by atoms with Crippen molar-refractivity contribution in [2.24, 2.45) is 0 Å². The number of benzene rings is 2. The summed E-state index contributed by atoms with van der Waals surface area (Å²) in [7, 11) is 0. The molecule has 0 heterocycles. The molecule has 5 nitrogen and oxygen atoms in total. The number of carbonyl (C=O) groups is 2. The first-order valence-electron chi connectivity index (χ1n) is 8.95. The lowest BCUT2D eigenvalue weighted by Gasteiger charge is -2.19. The second-order valence-electron chi connectivity index (χ2n) is 6.28. The van der Waals surface area contributed by atoms with Gasteiger partial charge in [-0.25, -0.2) is 0 Å². The van der Waals surface area contributed by atoms with Gasteiger partial charge in [-0.3, -0.25) is 9.59 Å². The molecule has 2 amide bonds. The number of aryl methyl sites for hydroxylation is 2. The minimum atomic E-state index is -0.154. The van der Waals surface area contributed by atoms with Gasteiger partial charge >= 0.3 is 0 Å². The molecule has 0 unspecified atom stereocenters. The van der Waals surface area contributed by atoms with Gasteiger partial charge in [-0.15, -0.1) is 0 Å². The molecule has 2 aromatic rings. The number of hydrogen-bond acceptors (Lipinski definition) is 3. The van der Waals surface area contributed by atoms with E-state index in [1.807, 2.05) is 45.9 Å². The van der Waals surface area contributed by atoms with Crippen LogP contribution < -0.4 is 10.6 Å². The van der Waals surface area contributed by atoms with Crippen LogP contribution in [0.15, 0.2) is 42.5 Å². The lowest BCUT2D eigenvalue weighted by Crippen LogP contribution is -2.30. The van der Waals surface area contributed by atoms with Gasteiger partial charge in [0.1, 0.15) is 0 Å². The van der Waals surface area contributed by atoms with Crippen molar-refractivity contribution in [2.75, 3.05) is 30.3 Å². The molecule has 2 aromatic carbocycles. The Bertz CT molecular complexity index is 783. The van der Waals surface area contributed by atoms with Crippen molar-refractivity contribution in [3.05, 3.63) is 59.2 Å². The maximum Gasteiger partial charge on any atom is 0.253 e. The molecule has 0 saturated heterocycles. The molecular formula is C21H27N3O2. The average molecular weight is 353 g/mol. The van der Waals surface area contributed by atoms with Crippen LogP contribution in [-0.4, -0.2) is 36.3 Å². The zero-order chi connectivity index (χ0) is 19.1. The number of nitrogens with zero attached hydrogens (tertiary/aromatic N) is 1. The Morgan fingerprint density at radius 2 is 1.73 bits per heavy atom. The molecule has 138 valence electrons. The van der Waals surface area contributed by atoms with Gasteiger partial charge in [0.25, 0.3) is 5.91 Å². The first-order chi connectivity index (χ1) is 12.4. The molecule has 0 bridgehead atoms. The van der Waals surface area contributed by atoms with Gasteiger partial charge in [-0.2, -0.15) is 0 Å². The Hall–Kier alpha value is -2.82. The van der Waals surface area contributed by atoms with Crippen molar-refractivity contribution >= 4 is 23.2 Å². The summed E-state index contributed by atoms with van der Waals surface area (Å²) in [5.74, 6) is -0.182. The van der Waals surface area contributed by atoms with E-state index in [1.54, 1.807) is 29.2 Å². The van der Waals surface area contributed by atoms with E-state index < -0.39 is 0 Å². The van der Waals surface area contributed by atoms with Crippen LogP contribution in [0.25, 0.3) is 0 Å². The summed E-state index contributed by atoms with van der Waals surface area (Å²) in [4.78, 5) is 26.4. The molecule has 0 aliphatic carbocycles. The van der Waals surface area contributed by atoms with E-state index in [1.165, 1.54) is 0 Å². The molecule has 0 radical (unpaired) electrons. The molecule has 2 N–H and O–H groups in total. The minimum absolute atomic E-state index is 0.0281. The van der Waals surface area contributed by atoms with Gasteiger partial charge < -0.3 is 15.5 Å². The van der Waals surface area contributed by atoms with Crippen LogP contribution >= 0.6 is 0 Å². The average Bonchev–Trinajstić information content (AvgIpc) is 2.63. The van der Waals surface area contributed by atoms with E-state index in [0.29, 0.717) is 24.3 Å². The Labute approximate surface area is 155 Å². The van der Waals surface area contributed by atoms with E-state index in [4.69, 9.17) is 0 Å². The zero-order valence-corrected chi connectivity index (χ0v) is 15.9. The normalized spacial score (nSPS) is 10.3.